The van der Waals surface area contributed by atoms with Gasteiger partial charge in [0, 0.05) is 23.8 Å². The fraction of sp³-hybridized carbons (Fsp3) is 0.250. The Morgan fingerprint density at radius 3 is 2.79 bits per heavy atom. The first-order chi connectivity index (χ1) is 13.7. The quantitative estimate of drug-likeness (QED) is 0.567. The van der Waals surface area contributed by atoms with Crippen LogP contribution in [0.4, 0.5) is 5.82 Å². The Balaban J connectivity index is 1.49. The standard InChI is InChI=1S/C20H19N5O2S/c1-12-9-15-18(22-11-14-3-4-16-17(10-14)27-8-7-26-16)23-20(24-19(15)28-12)25-6-5-21-13(25)2/h3-6,9-10H,7-8,11H2,1-2H3,(H,22,23,24). The normalized spacial score (nSPS) is 13.1. The van der Waals surface area contributed by atoms with Crippen molar-refractivity contribution < 1.29 is 9.47 Å². The molecular weight excluding hydrogens is 374 g/mol. The minimum absolute atomic E-state index is 0.582. The lowest BCUT2D eigenvalue weighted by molar-refractivity contribution is 0.171. The number of nitrogens with one attached hydrogen (secondary N) is 1. The molecule has 0 amide bonds. The van der Waals surface area contributed by atoms with Gasteiger partial charge in [-0.25, -0.2) is 9.97 Å². The molecule has 0 atom stereocenters. The van der Waals surface area contributed by atoms with Gasteiger partial charge >= 0.3 is 0 Å². The lowest BCUT2D eigenvalue weighted by atomic mass is 10.2. The monoisotopic (exact) mass is 393 g/mol. The predicted molar refractivity (Wildman–Crippen MR) is 109 cm³/mol. The van der Waals surface area contributed by atoms with E-state index in [0.717, 1.165) is 38.9 Å². The first-order valence-electron chi connectivity index (χ1n) is 9.08. The summed E-state index contributed by atoms with van der Waals surface area (Å²) in [6, 6.07) is 8.13. The summed E-state index contributed by atoms with van der Waals surface area (Å²) < 4.78 is 13.2. The summed E-state index contributed by atoms with van der Waals surface area (Å²) in [5.74, 6) is 3.87. The number of aryl methyl sites for hydroxylation is 2. The zero-order valence-electron chi connectivity index (χ0n) is 15.6. The molecule has 0 aliphatic carbocycles. The molecule has 3 aromatic heterocycles. The number of rotatable bonds is 4. The number of hydrogen-bond acceptors (Lipinski definition) is 7. The predicted octanol–water partition coefficient (Wildman–Crippen LogP) is 3.88. The van der Waals surface area contributed by atoms with Crippen LogP contribution in [0.3, 0.4) is 0 Å². The van der Waals surface area contributed by atoms with Gasteiger partial charge in [-0.3, -0.25) is 4.57 Å². The van der Waals surface area contributed by atoms with E-state index in [9.17, 15) is 0 Å². The van der Waals surface area contributed by atoms with Gasteiger partial charge < -0.3 is 14.8 Å². The van der Waals surface area contributed by atoms with Gasteiger partial charge in [0.25, 0.3) is 0 Å². The summed E-state index contributed by atoms with van der Waals surface area (Å²) in [7, 11) is 0. The van der Waals surface area contributed by atoms with E-state index in [2.05, 4.69) is 23.3 Å². The zero-order valence-corrected chi connectivity index (χ0v) is 16.4. The number of anilines is 1. The smallest absolute Gasteiger partial charge is 0.238 e. The number of nitrogens with zero attached hydrogens (tertiary/aromatic N) is 4. The van der Waals surface area contributed by atoms with Crippen molar-refractivity contribution in [3.05, 3.63) is 52.9 Å². The first kappa shape index (κ1) is 17.0. The maximum atomic E-state index is 5.68. The third-order valence-corrected chi connectivity index (χ3v) is 5.56. The highest BCUT2D eigenvalue weighted by atomic mass is 32.1. The molecule has 4 heterocycles. The Kier molecular flexibility index (Phi) is 4.12. The number of ether oxygens (including phenoxy) is 2. The fourth-order valence-corrected chi connectivity index (χ4v) is 4.12. The van der Waals surface area contributed by atoms with Crippen molar-refractivity contribution in [1.29, 1.82) is 0 Å². The van der Waals surface area contributed by atoms with Crippen molar-refractivity contribution in [3.8, 4) is 17.4 Å². The minimum atomic E-state index is 0.582. The van der Waals surface area contributed by atoms with Gasteiger partial charge in [0.05, 0.1) is 5.39 Å². The molecule has 5 rings (SSSR count). The number of thiophene rings is 1. The Morgan fingerprint density at radius 2 is 1.96 bits per heavy atom. The molecule has 7 nitrogen and oxygen atoms in total. The molecule has 0 fully saturated rings. The van der Waals surface area contributed by atoms with Crippen molar-refractivity contribution in [2.45, 2.75) is 20.4 Å². The summed E-state index contributed by atoms with van der Waals surface area (Å²) in [6.07, 6.45) is 3.63. The van der Waals surface area contributed by atoms with Gasteiger partial charge in [-0.1, -0.05) is 6.07 Å². The van der Waals surface area contributed by atoms with E-state index in [4.69, 9.17) is 19.4 Å². The molecule has 1 N–H and O–H groups in total. The Morgan fingerprint density at radius 1 is 1.11 bits per heavy atom. The SMILES string of the molecule is Cc1cc2c(NCc3ccc4c(c3)OCCO4)nc(-n3ccnc3C)nc2s1. The lowest BCUT2D eigenvalue weighted by Crippen LogP contribution is -2.15. The van der Waals surface area contributed by atoms with Crippen LogP contribution >= 0.6 is 11.3 Å². The third kappa shape index (κ3) is 3.05. The molecule has 28 heavy (non-hydrogen) atoms. The average Bonchev–Trinajstić information content (AvgIpc) is 3.30. The molecule has 142 valence electrons. The molecule has 8 heteroatoms. The summed E-state index contributed by atoms with van der Waals surface area (Å²) >= 11 is 1.66. The molecule has 4 aromatic rings. The highest BCUT2D eigenvalue weighted by Gasteiger charge is 2.15. The number of imidazole rings is 1. The molecule has 0 radical (unpaired) electrons. The zero-order chi connectivity index (χ0) is 19.1. The molecule has 0 bridgehead atoms. The van der Waals surface area contributed by atoms with Gasteiger partial charge in [-0.05, 0) is 37.6 Å². The van der Waals surface area contributed by atoms with E-state index in [1.807, 2.05) is 35.9 Å². The number of aromatic nitrogens is 4. The highest BCUT2D eigenvalue weighted by molar-refractivity contribution is 7.18. The van der Waals surface area contributed by atoms with Gasteiger partial charge in [-0.15, -0.1) is 11.3 Å². The van der Waals surface area contributed by atoms with Crippen LogP contribution in [-0.2, 0) is 6.54 Å². The third-order valence-electron chi connectivity index (χ3n) is 4.61. The first-order valence-corrected chi connectivity index (χ1v) is 9.90. The topological polar surface area (TPSA) is 74.1 Å². The van der Waals surface area contributed by atoms with Gasteiger partial charge in [0.1, 0.15) is 29.7 Å². The largest absolute Gasteiger partial charge is 0.486 e. The molecule has 1 aliphatic rings. The van der Waals surface area contributed by atoms with E-state index in [0.29, 0.717) is 25.7 Å². The number of fused-ring (bicyclic) bond motifs is 2. The lowest BCUT2D eigenvalue weighted by Gasteiger charge is -2.19. The maximum Gasteiger partial charge on any atom is 0.238 e. The second-order valence-corrected chi connectivity index (χ2v) is 7.86. The van der Waals surface area contributed by atoms with Gasteiger partial charge in [-0.2, -0.15) is 4.98 Å². The summed E-state index contributed by atoms with van der Waals surface area (Å²) in [5, 5.41) is 4.50. The van der Waals surface area contributed by atoms with E-state index >= 15 is 0 Å². The van der Waals surface area contributed by atoms with Crippen molar-refractivity contribution in [3.63, 3.8) is 0 Å². The molecule has 1 aromatic carbocycles. The van der Waals surface area contributed by atoms with Gasteiger partial charge in [0.15, 0.2) is 11.5 Å². The van der Waals surface area contributed by atoms with Crippen molar-refractivity contribution in [2.75, 3.05) is 18.5 Å². The Hall–Kier alpha value is -3.13. The van der Waals surface area contributed by atoms with E-state index in [-0.39, 0.29) is 0 Å². The second kappa shape index (κ2) is 6.79. The van der Waals surface area contributed by atoms with Crippen LogP contribution in [0.2, 0.25) is 0 Å². The summed E-state index contributed by atoms with van der Waals surface area (Å²) in [4.78, 5) is 15.9. The van der Waals surface area contributed by atoms with Crippen LogP contribution in [-0.4, -0.2) is 32.7 Å². The van der Waals surface area contributed by atoms with E-state index in [1.165, 1.54) is 4.88 Å². The molecule has 0 saturated carbocycles. The van der Waals surface area contributed by atoms with Crippen LogP contribution < -0.4 is 14.8 Å². The fourth-order valence-electron chi connectivity index (χ4n) is 3.25. The van der Waals surface area contributed by atoms with Crippen molar-refractivity contribution >= 4 is 27.4 Å². The molecule has 0 spiro atoms. The van der Waals surface area contributed by atoms with E-state index in [1.54, 1.807) is 17.5 Å². The number of benzene rings is 1. The van der Waals surface area contributed by atoms with Crippen LogP contribution in [0.5, 0.6) is 11.5 Å². The van der Waals surface area contributed by atoms with Crippen LogP contribution in [0, 0.1) is 13.8 Å². The summed E-state index contributed by atoms with van der Waals surface area (Å²) in [5.41, 5.74) is 1.10. The molecule has 0 saturated heterocycles. The molecular formula is C20H19N5O2S. The van der Waals surface area contributed by atoms with E-state index < -0.39 is 0 Å². The van der Waals surface area contributed by atoms with Crippen molar-refractivity contribution in [1.82, 2.24) is 19.5 Å². The summed E-state index contributed by atoms with van der Waals surface area (Å²) in [6.45, 7) is 5.82. The van der Waals surface area contributed by atoms with Gasteiger partial charge in [0.2, 0.25) is 5.95 Å². The average molecular weight is 393 g/mol. The van der Waals surface area contributed by atoms with Crippen molar-refractivity contribution in [2.24, 2.45) is 0 Å². The van der Waals surface area contributed by atoms with Crippen LogP contribution in [0.1, 0.15) is 16.3 Å². The Bertz CT molecular complexity index is 1170. The minimum Gasteiger partial charge on any atom is -0.486 e. The number of hydrogen-bond donors (Lipinski definition) is 1. The van der Waals surface area contributed by atoms with Crippen LogP contribution in [0.25, 0.3) is 16.2 Å². The Labute approximate surface area is 166 Å². The second-order valence-electron chi connectivity index (χ2n) is 6.62. The molecule has 1 aliphatic heterocycles. The maximum absolute atomic E-state index is 5.68. The van der Waals surface area contributed by atoms with Crippen LogP contribution in [0.15, 0.2) is 36.7 Å². The highest BCUT2D eigenvalue weighted by Crippen LogP contribution is 2.32. The molecule has 0 unspecified atom stereocenters.